The highest BCUT2D eigenvalue weighted by Gasteiger charge is 2.51. The van der Waals surface area contributed by atoms with Gasteiger partial charge in [0, 0.05) is 44.5 Å². The van der Waals surface area contributed by atoms with Gasteiger partial charge in [-0.05, 0) is 49.8 Å². The van der Waals surface area contributed by atoms with Crippen molar-refractivity contribution in [2.75, 3.05) is 31.6 Å². The van der Waals surface area contributed by atoms with Crippen molar-refractivity contribution in [3.05, 3.63) is 63.8 Å². The van der Waals surface area contributed by atoms with Gasteiger partial charge in [-0.3, -0.25) is 14.4 Å². The van der Waals surface area contributed by atoms with E-state index in [0.29, 0.717) is 38.2 Å². The molecule has 35 heavy (non-hydrogen) atoms. The molecule has 9 nitrogen and oxygen atoms in total. The molecular weight excluding hydrogens is 455 g/mol. The van der Waals surface area contributed by atoms with Crippen LogP contribution in [0.25, 0.3) is 0 Å². The Bertz CT molecular complexity index is 1200. The van der Waals surface area contributed by atoms with Gasteiger partial charge in [0.1, 0.15) is 16.9 Å². The van der Waals surface area contributed by atoms with Crippen LogP contribution in [0.1, 0.15) is 46.4 Å². The van der Waals surface area contributed by atoms with Gasteiger partial charge in [0.2, 0.25) is 5.91 Å². The minimum absolute atomic E-state index is 0.0653. The first-order valence-corrected chi connectivity index (χ1v) is 11.6. The number of piperidine rings is 1. The first-order chi connectivity index (χ1) is 16.7. The summed E-state index contributed by atoms with van der Waals surface area (Å²) < 4.78 is 20.4. The number of carbonyl (C=O) groups is 3. The average Bonchev–Trinajstić information content (AvgIpc) is 3.64. The van der Waals surface area contributed by atoms with Crippen molar-refractivity contribution >= 4 is 23.5 Å². The molecule has 1 aliphatic carbocycles. The molecule has 2 fully saturated rings. The van der Waals surface area contributed by atoms with Gasteiger partial charge in [-0.1, -0.05) is 6.07 Å². The van der Waals surface area contributed by atoms with Crippen LogP contribution < -0.4 is 21.1 Å². The monoisotopic (exact) mass is 484 g/mol. The summed E-state index contributed by atoms with van der Waals surface area (Å²) in [7, 11) is 2.82. The lowest BCUT2D eigenvalue weighted by atomic mass is 9.95. The SMILES string of the molecule is COC(=O)c1c(F)cccc1N1CCC(CNC(=O)C2(NC(=O)c3ccn(C)c(=O)c3)CC2)CC1. The van der Waals surface area contributed by atoms with Crippen molar-refractivity contribution in [2.45, 2.75) is 31.2 Å². The maximum absolute atomic E-state index is 14.3. The number of ether oxygens (including phenoxy) is 1. The zero-order valence-corrected chi connectivity index (χ0v) is 19.8. The van der Waals surface area contributed by atoms with E-state index in [4.69, 9.17) is 4.74 Å². The fourth-order valence-corrected chi connectivity index (χ4v) is 4.38. The quantitative estimate of drug-likeness (QED) is 0.578. The molecule has 2 aliphatic rings. The minimum Gasteiger partial charge on any atom is -0.465 e. The molecule has 1 aliphatic heterocycles. The largest absolute Gasteiger partial charge is 0.465 e. The van der Waals surface area contributed by atoms with Crippen molar-refractivity contribution < 1.29 is 23.5 Å². The molecular formula is C25H29FN4O5. The average molecular weight is 485 g/mol. The molecule has 2 aromatic rings. The third kappa shape index (κ3) is 5.21. The molecule has 0 spiro atoms. The van der Waals surface area contributed by atoms with Crippen molar-refractivity contribution in [1.29, 1.82) is 0 Å². The second-order valence-electron chi connectivity index (χ2n) is 9.17. The van der Waals surface area contributed by atoms with Crippen LogP contribution in [-0.2, 0) is 16.6 Å². The van der Waals surface area contributed by atoms with Gasteiger partial charge >= 0.3 is 5.97 Å². The van der Waals surface area contributed by atoms with Crippen LogP contribution in [0.15, 0.2) is 41.3 Å². The van der Waals surface area contributed by atoms with Crippen LogP contribution in [0.4, 0.5) is 10.1 Å². The van der Waals surface area contributed by atoms with Crippen LogP contribution in [-0.4, -0.2) is 54.6 Å². The summed E-state index contributed by atoms with van der Waals surface area (Å²) in [6, 6.07) is 7.31. The molecule has 2 N–H and O–H groups in total. The zero-order chi connectivity index (χ0) is 25.2. The van der Waals surface area contributed by atoms with Crippen LogP contribution >= 0.6 is 0 Å². The molecule has 2 amide bonds. The number of halogens is 1. The van der Waals surface area contributed by atoms with Gasteiger partial charge in [-0.15, -0.1) is 0 Å². The fourth-order valence-electron chi connectivity index (χ4n) is 4.38. The molecule has 1 saturated carbocycles. The van der Waals surface area contributed by atoms with E-state index in [-0.39, 0.29) is 28.5 Å². The summed E-state index contributed by atoms with van der Waals surface area (Å²) in [5, 5.41) is 5.75. The molecule has 0 bridgehead atoms. The number of hydrogen-bond donors (Lipinski definition) is 2. The normalized spacial score (nSPS) is 16.9. The number of benzene rings is 1. The number of aryl methyl sites for hydroxylation is 1. The van der Waals surface area contributed by atoms with Crippen molar-refractivity contribution in [3.63, 3.8) is 0 Å². The molecule has 10 heteroatoms. The van der Waals surface area contributed by atoms with Gasteiger partial charge in [0.15, 0.2) is 0 Å². The number of amides is 2. The van der Waals surface area contributed by atoms with Gasteiger partial charge in [-0.25, -0.2) is 9.18 Å². The molecule has 0 radical (unpaired) electrons. The summed E-state index contributed by atoms with van der Waals surface area (Å²) in [5.41, 5.74) is -0.562. The number of pyridine rings is 1. The van der Waals surface area contributed by atoms with E-state index in [9.17, 15) is 23.6 Å². The number of carbonyl (C=O) groups excluding carboxylic acids is 3. The number of hydrogen-bond acceptors (Lipinski definition) is 6. The molecule has 1 aromatic carbocycles. The maximum Gasteiger partial charge on any atom is 0.342 e. The summed E-state index contributed by atoms with van der Waals surface area (Å²) in [6.45, 7) is 1.68. The molecule has 4 rings (SSSR count). The highest BCUT2D eigenvalue weighted by Crippen LogP contribution is 2.36. The summed E-state index contributed by atoms with van der Waals surface area (Å²) >= 11 is 0. The zero-order valence-electron chi connectivity index (χ0n) is 19.8. The lowest BCUT2D eigenvalue weighted by Crippen LogP contribution is -2.50. The lowest BCUT2D eigenvalue weighted by Gasteiger charge is -2.34. The van der Waals surface area contributed by atoms with Crippen LogP contribution in [0.3, 0.4) is 0 Å². The van der Waals surface area contributed by atoms with Gasteiger partial charge in [-0.2, -0.15) is 0 Å². The van der Waals surface area contributed by atoms with E-state index in [0.717, 1.165) is 12.8 Å². The first-order valence-electron chi connectivity index (χ1n) is 11.6. The number of esters is 1. The van der Waals surface area contributed by atoms with E-state index < -0.39 is 23.2 Å². The van der Waals surface area contributed by atoms with E-state index in [2.05, 4.69) is 10.6 Å². The Hall–Kier alpha value is -3.69. The molecule has 0 unspecified atom stereocenters. The maximum atomic E-state index is 14.3. The Morgan fingerprint density at radius 1 is 1.17 bits per heavy atom. The van der Waals surface area contributed by atoms with Crippen molar-refractivity contribution in [1.82, 2.24) is 15.2 Å². The van der Waals surface area contributed by atoms with Gasteiger partial charge in [0.05, 0.1) is 12.8 Å². The first kappa shape index (κ1) is 24.4. The summed E-state index contributed by atoms with van der Waals surface area (Å²) in [4.78, 5) is 51.2. The lowest BCUT2D eigenvalue weighted by molar-refractivity contribution is -0.124. The number of nitrogens with one attached hydrogen (secondary N) is 2. The Morgan fingerprint density at radius 2 is 1.89 bits per heavy atom. The van der Waals surface area contributed by atoms with Crippen LogP contribution in [0.5, 0.6) is 0 Å². The standard InChI is InChI=1S/C25H29FN4O5/c1-29-11-8-17(14-20(29)31)22(32)28-25(9-10-25)24(34)27-15-16-6-12-30(13-7-16)19-5-3-4-18(26)21(19)23(33)35-2/h3-5,8,11,14,16H,6-7,9-10,12-13,15H2,1-2H3,(H,27,34)(H,28,32). The van der Waals surface area contributed by atoms with Crippen LogP contribution in [0, 0.1) is 11.7 Å². The predicted molar refractivity (Wildman–Crippen MR) is 127 cm³/mol. The van der Waals surface area contributed by atoms with E-state index in [1.807, 2.05) is 4.90 Å². The Labute approximate surface area is 202 Å². The molecule has 186 valence electrons. The summed E-state index contributed by atoms with van der Waals surface area (Å²) in [5.74, 6) is -1.78. The molecule has 1 aromatic heterocycles. The van der Waals surface area contributed by atoms with E-state index in [1.165, 1.54) is 30.0 Å². The third-order valence-electron chi connectivity index (χ3n) is 6.79. The fraction of sp³-hybridized carbons (Fsp3) is 0.440. The van der Waals surface area contributed by atoms with Gasteiger partial charge in [0.25, 0.3) is 11.5 Å². The third-order valence-corrected chi connectivity index (χ3v) is 6.79. The second kappa shape index (κ2) is 9.89. The number of nitrogens with zero attached hydrogens (tertiary/aromatic N) is 2. The number of anilines is 1. The van der Waals surface area contributed by atoms with E-state index in [1.54, 1.807) is 25.2 Å². The Morgan fingerprint density at radius 3 is 2.51 bits per heavy atom. The molecule has 2 heterocycles. The van der Waals surface area contributed by atoms with Crippen LogP contribution in [0.2, 0.25) is 0 Å². The topological polar surface area (TPSA) is 110 Å². The number of aromatic nitrogens is 1. The van der Waals surface area contributed by atoms with Crippen molar-refractivity contribution in [2.24, 2.45) is 13.0 Å². The van der Waals surface area contributed by atoms with E-state index >= 15 is 0 Å². The summed E-state index contributed by atoms with van der Waals surface area (Å²) in [6.07, 6.45) is 4.11. The Balaban J connectivity index is 1.30. The van der Waals surface area contributed by atoms with Crippen molar-refractivity contribution in [3.8, 4) is 0 Å². The smallest absolute Gasteiger partial charge is 0.342 e. The predicted octanol–water partition coefficient (Wildman–Crippen LogP) is 1.61. The Kier molecular flexibility index (Phi) is 6.90. The minimum atomic E-state index is -0.935. The number of methoxy groups -OCH3 is 1. The molecule has 0 atom stereocenters. The molecule has 1 saturated heterocycles. The second-order valence-corrected chi connectivity index (χ2v) is 9.17. The highest BCUT2D eigenvalue weighted by molar-refractivity contribution is 6.00. The highest BCUT2D eigenvalue weighted by atomic mass is 19.1. The number of rotatable bonds is 7. The van der Waals surface area contributed by atoms with Gasteiger partial charge < -0.3 is 24.8 Å².